The van der Waals surface area contributed by atoms with Crippen molar-refractivity contribution < 1.29 is 9.31 Å². The highest BCUT2D eigenvalue weighted by Crippen LogP contribution is 2.36. The van der Waals surface area contributed by atoms with E-state index in [1.165, 1.54) is 0 Å². The lowest BCUT2D eigenvalue weighted by Gasteiger charge is -2.32. The number of aromatic nitrogens is 3. The maximum Gasteiger partial charge on any atom is 0.514 e. The summed E-state index contributed by atoms with van der Waals surface area (Å²) in [5.41, 5.74) is 7.02. The number of hydrogen-bond acceptors (Lipinski definition) is 6. The van der Waals surface area contributed by atoms with E-state index in [0.717, 1.165) is 16.9 Å². The van der Waals surface area contributed by atoms with Crippen LogP contribution in [0.2, 0.25) is 0 Å². The van der Waals surface area contributed by atoms with Crippen molar-refractivity contribution in [1.29, 1.82) is 0 Å². The molecule has 0 saturated carbocycles. The third-order valence-corrected chi connectivity index (χ3v) is 4.23. The minimum atomic E-state index is -0.486. The first-order chi connectivity index (χ1) is 10.3. The third-order valence-electron chi connectivity index (χ3n) is 4.23. The predicted octanol–water partition coefficient (Wildman–Crippen LogP) is 1.42. The van der Waals surface area contributed by atoms with E-state index in [9.17, 15) is 0 Å². The molecule has 114 valence electrons. The molecule has 1 aliphatic heterocycles. The van der Waals surface area contributed by atoms with Gasteiger partial charge < -0.3 is 15.0 Å². The molecule has 0 amide bonds. The number of nitrogens with zero attached hydrogens (tertiary/aromatic N) is 3. The first kappa shape index (κ1) is 14.9. The molecule has 1 fully saturated rings. The molecular weight excluding hydrogens is 279 g/mol. The summed E-state index contributed by atoms with van der Waals surface area (Å²) in [7, 11) is -0.486. The predicted molar refractivity (Wildman–Crippen MR) is 85.4 cm³/mol. The Labute approximate surface area is 130 Å². The van der Waals surface area contributed by atoms with Gasteiger partial charge in [-0.25, -0.2) is 9.97 Å². The smallest absolute Gasteiger partial charge is 0.398 e. The summed E-state index contributed by atoms with van der Waals surface area (Å²) in [6.07, 6.45) is 3.30. The van der Waals surface area contributed by atoms with Gasteiger partial charge in [0, 0.05) is 18.0 Å². The molecule has 2 N–H and O–H groups in total. The van der Waals surface area contributed by atoms with E-state index >= 15 is 0 Å². The Morgan fingerprint density at radius 3 is 2.18 bits per heavy atom. The van der Waals surface area contributed by atoms with Crippen LogP contribution < -0.4 is 11.3 Å². The fraction of sp³-hybridized carbons (Fsp3) is 0.400. The van der Waals surface area contributed by atoms with Gasteiger partial charge in [-0.1, -0.05) is 6.07 Å². The lowest BCUT2D eigenvalue weighted by Crippen LogP contribution is -2.41. The summed E-state index contributed by atoms with van der Waals surface area (Å²) in [4.78, 5) is 12.6. The van der Waals surface area contributed by atoms with Crippen LogP contribution in [-0.4, -0.2) is 33.3 Å². The van der Waals surface area contributed by atoms with Crippen molar-refractivity contribution in [3.05, 3.63) is 30.6 Å². The summed E-state index contributed by atoms with van der Waals surface area (Å²) in [5.74, 6) is 0.242. The second-order valence-electron chi connectivity index (χ2n) is 6.37. The molecule has 6 nitrogen and oxygen atoms in total. The second kappa shape index (κ2) is 5.03. The quantitative estimate of drug-likeness (QED) is 0.844. The molecule has 2 aromatic rings. The van der Waals surface area contributed by atoms with Crippen molar-refractivity contribution in [2.24, 2.45) is 0 Å². The Bertz CT molecular complexity index is 672. The SMILES string of the molecule is CC1(C)OB(c2cccc(-c3cnc(N)nc3)n2)OC1(C)C. The van der Waals surface area contributed by atoms with Crippen LogP contribution in [0.5, 0.6) is 0 Å². The monoisotopic (exact) mass is 298 g/mol. The molecule has 2 aromatic heterocycles. The number of pyridine rings is 1. The molecule has 1 aliphatic rings. The van der Waals surface area contributed by atoms with Crippen LogP contribution in [0.4, 0.5) is 5.95 Å². The number of anilines is 1. The highest BCUT2D eigenvalue weighted by molar-refractivity contribution is 6.61. The van der Waals surface area contributed by atoms with Gasteiger partial charge in [-0.15, -0.1) is 0 Å². The summed E-state index contributed by atoms with van der Waals surface area (Å²) in [5, 5.41) is 0. The third kappa shape index (κ3) is 2.57. The zero-order valence-corrected chi connectivity index (χ0v) is 13.2. The molecule has 1 saturated heterocycles. The van der Waals surface area contributed by atoms with Gasteiger partial charge in [-0.2, -0.15) is 0 Å². The van der Waals surface area contributed by atoms with Crippen LogP contribution in [0.15, 0.2) is 30.6 Å². The zero-order chi connectivity index (χ0) is 16.0. The number of nitrogen functional groups attached to an aromatic ring is 1. The molecule has 0 atom stereocenters. The Hall–Kier alpha value is -1.99. The average Bonchev–Trinajstić information content (AvgIpc) is 2.68. The summed E-state index contributed by atoms with van der Waals surface area (Å²) < 4.78 is 12.0. The van der Waals surface area contributed by atoms with Gasteiger partial charge in [0.15, 0.2) is 0 Å². The van der Waals surface area contributed by atoms with E-state index in [0.29, 0.717) is 0 Å². The first-order valence-corrected chi connectivity index (χ1v) is 7.19. The van der Waals surface area contributed by atoms with Crippen molar-refractivity contribution in [3.63, 3.8) is 0 Å². The van der Waals surface area contributed by atoms with Gasteiger partial charge in [0.25, 0.3) is 0 Å². The molecule has 3 rings (SSSR count). The molecular formula is C15H19BN4O2. The van der Waals surface area contributed by atoms with E-state index in [4.69, 9.17) is 15.0 Å². The summed E-state index contributed by atoms with van der Waals surface area (Å²) in [6, 6.07) is 5.70. The van der Waals surface area contributed by atoms with Gasteiger partial charge in [-0.05, 0) is 39.8 Å². The van der Waals surface area contributed by atoms with Crippen LogP contribution in [-0.2, 0) is 9.31 Å². The van der Waals surface area contributed by atoms with Crippen LogP contribution in [0.1, 0.15) is 27.7 Å². The van der Waals surface area contributed by atoms with Crippen LogP contribution >= 0.6 is 0 Å². The van der Waals surface area contributed by atoms with Crippen molar-refractivity contribution in [3.8, 4) is 11.3 Å². The molecule has 7 heteroatoms. The minimum absolute atomic E-state index is 0.242. The largest absolute Gasteiger partial charge is 0.514 e. The topological polar surface area (TPSA) is 83.2 Å². The van der Waals surface area contributed by atoms with E-state index < -0.39 is 7.12 Å². The van der Waals surface area contributed by atoms with Crippen molar-refractivity contribution in [1.82, 2.24) is 15.0 Å². The molecule has 22 heavy (non-hydrogen) atoms. The van der Waals surface area contributed by atoms with E-state index in [1.807, 2.05) is 45.9 Å². The number of nitrogens with two attached hydrogens (primary N) is 1. The molecule has 0 radical (unpaired) electrons. The fourth-order valence-electron chi connectivity index (χ4n) is 2.18. The Morgan fingerprint density at radius 2 is 1.59 bits per heavy atom. The first-order valence-electron chi connectivity index (χ1n) is 7.19. The molecule has 0 unspecified atom stereocenters. The normalized spacial score (nSPS) is 19.4. The Balaban J connectivity index is 1.91. The van der Waals surface area contributed by atoms with Crippen LogP contribution in [0.25, 0.3) is 11.3 Å². The Morgan fingerprint density at radius 1 is 1.00 bits per heavy atom. The van der Waals surface area contributed by atoms with Gasteiger partial charge in [0.1, 0.15) is 0 Å². The van der Waals surface area contributed by atoms with Gasteiger partial charge in [0.2, 0.25) is 5.95 Å². The lowest BCUT2D eigenvalue weighted by atomic mass is 9.84. The minimum Gasteiger partial charge on any atom is -0.398 e. The molecule has 0 aliphatic carbocycles. The van der Waals surface area contributed by atoms with E-state index in [-0.39, 0.29) is 17.2 Å². The van der Waals surface area contributed by atoms with Crippen LogP contribution in [0.3, 0.4) is 0 Å². The van der Waals surface area contributed by atoms with Crippen molar-refractivity contribution >= 4 is 18.7 Å². The van der Waals surface area contributed by atoms with Crippen molar-refractivity contribution in [2.45, 2.75) is 38.9 Å². The lowest BCUT2D eigenvalue weighted by molar-refractivity contribution is 0.00578. The summed E-state index contributed by atoms with van der Waals surface area (Å²) >= 11 is 0. The highest BCUT2D eigenvalue weighted by atomic mass is 16.7. The number of rotatable bonds is 2. The second-order valence-corrected chi connectivity index (χ2v) is 6.37. The van der Waals surface area contributed by atoms with Gasteiger partial charge >= 0.3 is 7.12 Å². The average molecular weight is 298 g/mol. The maximum atomic E-state index is 6.02. The standard InChI is InChI=1S/C15H19BN4O2/c1-14(2)15(3,4)22-16(21-14)12-7-5-6-11(20-12)10-8-18-13(17)19-9-10/h5-9H,1-4H3,(H2,17,18,19). The fourth-order valence-corrected chi connectivity index (χ4v) is 2.18. The Kier molecular flexibility index (Phi) is 3.42. The maximum absolute atomic E-state index is 6.02. The highest BCUT2D eigenvalue weighted by Gasteiger charge is 2.52. The zero-order valence-electron chi connectivity index (χ0n) is 13.2. The van der Waals surface area contributed by atoms with E-state index in [2.05, 4.69) is 15.0 Å². The van der Waals surface area contributed by atoms with Crippen molar-refractivity contribution in [2.75, 3.05) is 5.73 Å². The number of hydrogen-bond donors (Lipinski definition) is 1. The van der Waals surface area contributed by atoms with Gasteiger partial charge in [0.05, 0.1) is 22.5 Å². The van der Waals surface area contributed by atoms with E-state index in [1.54, 1.807) is 12.4 Å². The molecule has 0 aromatic carbocycles. The molecule has 3 heterocycles. The summed E-state index contributed by atoms with van der Waals surface area (Å²) in [6.45, 7) is 8.07. The molecule has 0 bridgehead atoms. The molecule has 0 spiro atoms. The van der Waals surface area contributed by atoms with Gasteiger partial charge in [-0.3, -0.25) is 4.98 Å². The van der Waals surface area contributed by atoms with Crippen LogP contribution in [0, 0.1) is 0 Å².